The predicted molar refractivity (Wildman–Crippen MR) is 106 cm³/mol. The van der Waals surface area contributed by atoms with Crippen LogP contribution in [0.15, 0.2) is 18.2 Å². The van der Waals surface area contributed by atoms with E-state index in [1.807, 2.05) is 41.8 Å². The average molecular weight is 373 g/mol. The molecular weight excluding hydrogens is 342 g/mol. The number of rotatable bonds is 4. The van der Waals surface area contributed by atoms with Gasteiger partial charge in [-0.25, -0.2) is 4.79 Å². The summed E-state index contributed by atoms with van der Waals surface area (Å²) in [5.41, 5.74) is 3.22. The molecule has 0 atom stereocenters. The summed E-state index contributed by atoms with van der Waals surface area (Å²) in [6.45, 7) is 7.54. The molecule has 2 heterocycles. The number of para-hydroxylation sites is 1. The Labute approximate surface area is 161 Å². The van der Waals surface area contributed by atoms with Crippen molar-refractivity contribution in [3.8, 4) is 0 Å². The number of aryl methyl sites for hydroxylation is 2. The fourth-order valence-corrected chi connectivity index (χ4v) is 4.30. The number of nitrogens with one attached hydrogen (secondary N) is 1. The molecule has 3 amide bonds. The van der Waals surface area contributed by atoms with Crippen LogP contribution in [0.4, 0.5) is 10.5 Å². The van der Waals surface area contributed by atoms with Gasteiger partial charge in [-0.1, -0.05) is 18.2 Å². The van der Waals surface area contributed by atoms with Gasteiger partial charge in [0.05, 0.1) is 6.61 Å². The second kappa shape index (κ2) is 8.30. The van der Waals surface area contributed by atoms with E-state index in [0.29, 0.717) is 19.6 Å². The van der Waals surface area contributed by atoms with E-state index in [0.717, 1.165) is 55.7 Å². The maximum absolute atomic E-state index is 12.7. The number of anilines is 1. The number of carbonyl (C=O) groups is 2. The molecule has 6 nitrogen and oxygen atoms in total. The van der Waals surface area contributed by atoms with Gasteiger partial charge in [-0.3, -0.25) is 4.79 Å². The van der Waals surface area contributed by atoms with Crippen LogP contribution in [0.3, 0.4) is 0 Å². The maximum Gasteiger partial charge on any atom is 0.321 e. The van der Waals surface area contributed by atoms with Crippen LogP contribution in [0.1, 0.15) is 36.8 Å². The number of amides is 3. The first-order valence-corrected chi connectivity index (χ1v) is 9.83. The molecule has 6 heteroatoms. The first kappa shape index (κ1) is 19.7. The molecule has 2 aliphatic rings. The summed E-state index contributed by atoms with van der Waals surface area (Å²) < 4.78 is 5.14. The number of piperidine rings is 2. The number of methoxy groups -OCH3 is 1. The Bertz CT molecular complexity index is 676. The van der Waals surface area contributed by atoms with Gasteiger partial charge in [0.25, 0.3) is 0 Å². The van der Waals surface area contributed by atoms with Crippen molar-refractivity contribution < 1.29 is 14.3 Å². The van der Waals surface area contributed by atoms with Gasteiger partial charge in [-0.15, -0.1) is 0 Å². The standard InChI is InChI=1S/C21H31N3O3/c1-16-5-4-6-17(2)19(16)22-20(26)23-11-9-21(10-12-23)8-7-18(25)24(15-21)13-14-27-3/h4-6H,7-15H2,1-3H3,(H,22,26). The molecule has 1 aromatic rings. The smallest absolute Gasteiger partial charge is 0.321 e. The van der Waals surface area contributed by atoms with Crippen molar-refractivity contribution >= 4 is 17.6 Å². The van der Waals surface area contributed by atoms with Gasteiger partial charge < -0.3 is 19.9 Å². The van der Waals surface area contributed by atoms with E-state index in [9.17, 15) is 9.59 Å². The van der Waals surface area contributed by atoms with Crippen LogP contribution in [0, 0.1) is 19.3 Å². The fourth-order valence-electron chi connectivity index (χ4n) is 4.30. The monoisotopic (exact) mass is 373 g/mol. The molecule has 2 aliphatic heterocycles. The van der Waals surface area contributed by atoms with Gasteiger partial charge >= 0.3 is 6.03 Å². The van der Waals surface area contributed by atoms with Crippen molar-refractivity contribution in [2.24, 2.45) is 5.41 Å². The van der Waals surface area contributed by atoms with Crippen molar-refractivity contribution in [3.05, 3.63) is 29.3 Å². The predicted octanol–water partition coefficient (Wildman–Crippen LogP) is 3.19. The van der Waals surface area contributed by atoms with Crippen LogP contribution in [0.5, 0.6) is 0 Å². The molecule has 0 aromatic heterocycles. The minimum absolute atomic E-state index is 0.0228. The number of benzene rings is 1. The molecule has 0 unspecified atom stereocenters. The maximum atomic E-state index is 12.7. The zero-order chi connectivity index (χ0) is 19.4. The first-order valence-electron chi connectivity index (χ1n) is 9.83. The summed E-state index contributed by atoms with van der Waals surface area (Å²) in [4.78, 5) is 28.7. The summed E-state index contributed by atoms with van der Waals surface area (Å²) >= 11 is 0. The molecule has 1 N–H and O–H groups in total. The Kier molecular flexibility index (Phi) is 6.05. The summed E-state index contributed by atoms with van der Waals surface area (Å²) in [6.07, 6.45) is 3.44. The third kappa shape index (κ3) is 4.43. The van der Waals surface area contributed by atoms with Gasteiger partial charge in [-0.2, -0.15) is 0 Å². The van der Waals surface area contributed by atoms with E-state index in [-0.39, 0.29) is 17.4 Å². The molecule has 27 heavy (non-hydrogen) atoms. The average Bonchev–Trinajstić information content (AvgIpc) is 2.66. The van der Waals surface area contributed by atoms with Crippen LogP contribution >= 0.6 is 0 Å². The summed E-state index contributed by atoms with van der Waals surface area (Å²) in [5, 5.41) is 3.09. The van der Waals surface area contributed by atoms with Crippen molar-refractivity contribution in [1.29, 1.82) is 0 Å². The number of ether oxygens (including phenoxy) is 1. The lowest BCUT2D eigenvalue weighted by molar-refractivity contribution is -0.139. The summed E-state index contributed by atoms with van der Waals surface area (Å²) in [5.74, 6) is 0.230. The second-order valence-electron chi connectivity index (χ2n) is 7.99. The quantitative estimate of drug-likeness (QED) is 0.882. The fraction of sp³-hybridized carbons (Fsp3) is 0.619. The zero-order valence-electron chi connectivity index (χ0n) is 16.7. The van der Waals surface area contributed by atoms with E-state index in [1.165, 1.54) is 0 Å². The normalized spacial score (nSPS) is 19.4. The molecular formula is C21H31N3O3. The highest BCUT2D eigenvalue weighted by Crippen LogP contribution is 2.40. The lowest BCUT2D eigenvalue weighted by atomic mass is 9.72. The van der Waals surface area contributed by atoms with E-state index < -0.39 is 0 Å². The van der Waals surface area contributed by atoms with Gasteiger partial charge in [-0.05, 0) is 49.7 Å². The minimum Gasteiger partial charge on any atom is -0.383 e. The Morgan fingerprint density at radius 1 is 1.19 bits per heavy atom. The Morgan fingerprint density at radius 2 is 1.85 bits per heavy atom. The molecule has 0 bridgehead atoms. The summed E-state index contributed by atoms with van der Waals surface area (Å²) in [6, 6.07) is 6.01. The van der Waals surface area contributed by atoms with E-state index in [1.54, 1.807) is 7.11 Å². The van der Waals surface area contributed by atoms with Gasteiger partial charge in [0, 0.05) is 45.4 Å². The highest BCUT2D eigenvalue weighted by Gasteiger charge is 2.41. The molecule has 0 radical (unpaired) electrons. The zero-order valence-corrected chi connectivity index (χ0v) is 16.7. The largest absolute Gasteiger partial charge is 0.383 e. The van der Waals surface area contributed by atoms with Crippen molar-refractivity contribution in [2.45, 2.75) is 39.5 Å². The molecule has 1 aromatic carbocycles. The molecule has 0 saturated carbocycles. The summed E-state index contributed by atoms with van der Waals surface area (Å²) in [7, 11) is 1.66. The van der Waals surface area contributed by atoms with Crippen LogP contribution < -0.4 is 5.32 Å². The lowest BCUT2D eigenvalue weighted by Gasteiger charge is -2.47. The highest BCUT2D eigenvalue weighted by molar-refractivity contribution is 5.91. The molecule has 3 rings (SSSR count). The third-order valence-electron chi connectivity index (χ3n) is 6.14. The SMILES string of the molecule is COCCN1CC2(CCC1=O)CCN(C(=O)Nc1c(C)cccc1C)CC2. The minimum atomic E-state index is -0.0228. The Balaban J connectivity index is 1.58. The van der Waals surface area contributed by atoms with E-state index in [4.69, 9.17) is 4.74 Å². The van der Waals surface area contributed by atoms with Gasteiger partial charge in [0.1, 0.15) is 0 Å². The number of nitrogens with zero attached hydrogens (tertiary/aromatic N) is 2. The topological polar surface area (TPSA) is 61.9 Å². The Hall–Kier alpha value is -2.08. The number of hydrogen-bond acceptors (Lipinski definition) is 3. The van der Waals surface area contributed by atoms with Crippen molar-refractivity contribution in [2.75, 3.05) is 45.2 Å². The number of likely N-dealkylation sites (tertiary alicyclic amines) is 2. The van der Waals surface area contributed by atoms with Crippen LogP contribution in [-0.4, -0.2) is 61.6 Å². The lowest BCUT2D eigenvalue weighted by Crippen LogP contribution is -2.53. The second-order valence-corrected chi connectivity index (χ2v) is 7.99. The first-order chi connectivity index (χ1) is 12.9. The molecule has 148 valence electrons. The van der Waals surface area contributed by atoms with Crippen LogP contribution in [0.25, 0.3) is 0 Å². The van der Waals surface area contributed by atoms with Gasteiger partial charge in [0.15, 0.2) is 0 Å². The van der Waals surface area contributed by atoms with Crippen LogP contribution in [-0.2, 0) is 9.53 Å². The van der Waals surface area contributed by atoms with E-state index in [2.05, 4.69) is 5.32 Å². The van der Waals surface area contributed by atoms with Crippen molar-refractivity contribution in [3.63, 3.8) is 0 Å². The number of hydrogen-bond donors (Lipinski definition) is 1. The van der Waals surface area contributed by atoms with E-state index >= 15 is 0 Å². The molecule has 2 fully saturated rings. The Morgan fingerprint density at radius 3 is 2.48 bits per heavy atom. The van der Waals surface area contributed by atoms with Crippen molar-refractivity contribution in [1.82, 2.24) is 9.80 Å². The molecule has 0 aliphatic carbocycles. The molecule has 1 spiro atoms. The number of urea groups is 1. The highest BCUT2D eigenvalue weighted by atomic mass is 16.5. The molecule has 2 saturated heterocycles. The number of carbonyl (C=O) groups excluding carboxylic acids is 2. The van der Waals surface area contributed by atoms with Crippen LogP contribution in [0.2, 0.25) is 0 Å². The van der Waals surface area contributed by atoms with Gasteiger partial charge in [0.2, 0.25) is 5.91 Å². The third-order valence-corrected chi connectivity index (χ3v) is 6.14.